The van der Waals surface area contributed by atoms with E-state index < -0.39 is 7.12 Å². The first-order valence-electron chi connectivity index (χ1n) is 9.47. The molecule has 0 saturated carbocycles. The van der Waals surface area contributed by atoms with E-state index in [-0.39, 0.29) is 10.8 Å². The molecule has 0 bridgehead atoms. The average molecular weight is 364 g/mol. The molecule has 1 aliphatic rings. The lowest BCUT2D eigenvalue weighted by molar-refractivity contribution is 0.331. The van der Waals surface area contributed by atoms with E-state index in [4.69, 9.17) is 5.84 Å². The minimum atomic E-state index is -1.48. The molecule has 0 heterocycles. The van der Waals surface area contributed by atoms with Gasteiger partial charge in [-0.1, -0.05) is 58.0 Å². The molecule has 0 atom stereocenters. The molecule has 0 spiro atoms. The van der Waals surface area contributed by atoms with Crippen molar-refractivity contribution in [2.75, 3.05) is 0 Å². The lowest BCUT2D eigenvalue weighted by Crippen LogP contribution is -2.34. The molecule has 0 unspecified atom stereocenters. The van der Waals surface area contributed by atoms with E-state index >= 15 is 0 Å². The maximum atomic E-state index is 9.31. The molecule has 0 aliphatic heterocycles. The van der Waals surface area contributed by atoms with E-state index in [0.29, 0.717) is 11.2 Å². The zero-order valence-corrected chi connectivity index (χ0v) is 16.9. The highest BCUT2D eigenvalue weighted by Crippen LogP contribution is 2.46. The second kappa shape index (κ2) is 6.81. The number of hydrogen-bond donors (Lipinski definition) is 3. The van der Waals surface area contributed by atoms with Crippen LogP contribution >= 0.6 is 0 Å². The minimum absolute atomic E-state index is 0.109. The number of nitrogens with two attached hydrogens (primary N) is 1. The van der Waals surface area contributed by atoms with Crippen LogP contribution in [0.25, 0.3) is 0 Å². The van der Waals surface area contributed by atoms with Crippen LogP contribution in [0.2, 0.25) is 0 Å². The Balaban J connectivity index is 2.13. The summed E-state index contributed by atoms with van der Waals surface area (Å²) in [6.07, 6.45) is 2.32. The molecule has 0 aromatic heterocycles. The van der Waals surface area contributed by atoms with Gasteiger partial charge >= 0.3 is 7.12 Å². The van der Waals surface area contributed by atoms with Gasteiger partial charge in [-0.15, -0.1) is 0 Å². The van der Waals surface area contributed by atoms with Crippen LogP contribution in [0.3, 0.4) is 0 Å². The first-order chi connectivity index (χ1) is 12.6. The number of hydrazone groups is 1. The normalized spacial score (nSPS) is 18.1. The SMILES string of the molecule is Cc1cc2c(cc1/C(=N/N)c1ccc(B(O)O)cc1)C(C)(C)CCC2(C)C. The van der Waals surface area contributed by atoms with E-state index in [2.05, 4.69) is 51.9 Å². The van der Waals surface area contributed by atoms with Crippen LogP contribution in [0.5, 0.6) is 0 Å². The Labute approximate surface area is 162 Å². The van der Waals surface area contributed by atoms with Crippen LogP contribution in [-0.2, 0) is 10.8 Å². The third-order valence-electron chi connectivity index (χ3n) is 6.06. The average Bonchev–Trinajstić information content (AvgIpc) is 2.61. The molecule has 5 heteroatoms. The maximum absolute atomic E-state index is 9.31. The highest BCUT2D eigenvalue weighted by Gasteiger charge is 2.37. The van der Waals surface area contributed by atoms with Crippen LogP contribution in [0.4, 0.5) is 0 Å². The Kier molecular flexibility index (Phi) is 4.95. The summed E-state index contributed by atoms with van der Waals surface area (Å²) in [5.74, 6) is 5.79. The second-order valence-corrected chi connectivity index (χ2v) is 8.95. The molecular formula is C22H29BN2O2. The van der Waals surface area contributed by atoms with Crippen LogP contribution in [-0.4, -0.2) is 22.9 Å². The van der Waals surface area contributed by atoms with Gasteiger partial charge in [0.05, 0.1) is 5.71 Å². The Morgan fingerprint density at radius 2 is 1.48 bits per heavy atom. The lowest BCUT2D eigenvalue weighted by atomic mass is 9.62. The highest BCUT2D eigenvalue weighted by molar-refractivity contribution is 6.58. The molecule has 4 N–H and O–H groups in total. The van der Waals surface area contributed by atoms with E-state index in [9.17, 15) is 10.0 Å². The zero-order valence-electron chi connectivity index (χ0n) is 16.9. The van der Waals surface area contributed by atoms with Crippen molar-refractivity contribution >= 4 is 18.3 Å². The Hall–Kier alpha value is -2.11. The third kappa shape index (κ3) is 3.54. The van der Waals surface area contributed by atoms with Gasteiger partial charge in [0.15, 0.2) is 0 Å². The van der Waals surface area contributed by atoms with Gasteiger partial charge in [-0.3, -0.25) is 0 Å². The van der Waals surface area contributed by atoms with Crippen molar-refractivity contribution in [2.24, 2.45) is 10.9 Å². The molecule has 27 heavy (non-hydrogen) atoms. The van der Waals surface area contributed by atoms with Gasteiger partial charge in [-0.2, -0.15) is 5.10 Å². The molecule has 0 saturated heterocycles. The summed E-state index contributed by atoms with van der Waals surface area (Å²) in [6, 6.07) is 11.6. The first kappa shape index (κ1) is 19.7. The summed E-state index contributed by atoms with van der Waals surface area (Å²) in [4.78, 5) is 0. The van der Waals surface area contributed by atoms with E-state index in [1.165, 1.54) is 17.5 Å². The van der Waals surface area contributed by atoms with Gasteiger partial charge in [0, 0.05) is 11.1 Å². The zero-order chi connectivity index (χ0) is 20.0. The van der Waals surface area contributed by atoms with Crippen molar-refractivity contribution in [3.63, 3.8) is 0 Å². The maximum Gasteiger partial charge on any atom is 0.488 e. The van der Waals surface area contributed by atoms with Gasteiger partial charge in [-0.25, -0.2) is 0 Å². The van der Waals surface area contributed by atoms with Crippen LogP contribution in [0, 0.1) is 6.92 Å². The van der Waals surface area contributed by atoms with Crippen molar-refractivity contribution in [3.8, 4) is 0 Å². The Morgan fingerprint density at radius 1 is 0.963 bits per heavy atom. The van der Waals surface area contributed by atoms with Crippen LogP contribution in [0.15, 0.2) is 41.5 Å². The van der Waals surface area contributed by atoms with E-state index in [1.807, 2.05) is 12.1 Å². The fourth-order valence-corrected chi connectivity index (χ4v) is 4.09. The summed E-state index contributed by atoms with van der Waals surface area (Å²) in [7, 11) is -1.48. The number of benzene rings is 2. The van der Waals surface area contributed by atoms with Gasteiger partial charge in [0.2, 0.25) is 0 Å². The summed E-state index contributed by atoms with van der Waals surface area (Å²) < 4.78 is 0. The number of nitrogens with zero attached hydrogens (tertiary/aromatic N) is 1. The molecular weight excluding hydrogens is 335 g/mol. The molecule has 2 aromatic carbocycles. The van der Waals surface area contributed by atoms with Gasteiger partial charge in [0.1, 0.15) is 0 Å². The number of aryl methyl sites for hydroxylation is 1. The smallest absolute Gasteiger partial charge is 0.423 e. The molecule has 4 nitrogen and oxygen atoms in total. The fraction of sp³-hybridized carbons (Fsp3) is 0.409. The number of fused-ring (bicyclic) bond motifs is 1. The number of rotatable bonds is 3. The molecule has 142 valence electrons. The van der Waals surface area contributed by atoms with Gasteiger partial charge in [-0.05, 0) is 58.8 Å². The summed E-state index contributed by atoms with van der Waals surface area (Å²) >= 11 is 0. The van der Waals surface area contributed by atoms with Crippen LogP contribution < -0.4 is 11.3 Å². The predicted octanol–water partition coefficient (Wildman–Crippen LogP) is 2.73. The van der Waals surface area contributed by atoms with Crippen molar-refractivity contribution in [1.29, 1.82) is 0 Å². The topological polar surface area (TPSA) is 78.8 Å². The lowest BCUT2D eigenvalue weighted by Gasteiger charge is -2.42. The fourth-order valence-electron chi connectivity index (χ4n) is 4.09. The van der Waals surface area contributed by atoms with Crippen molar-refractivity contribution < 1.29 is 10.0 Å². The summed E-state index contributed by atoms with van der Waals surface area (Å²) in [5.41, 5.74) is 7.24. The van der Waals surface area contributed by atoms with Gasteiger partial charge < -0.3 is 15.9 Å². The monoisotopic (exact) mass is 364 g/mol. The minimum Gasteiger partial charge on any atom is -0.423 e. The molecule has 0 fully saturated rings. The first-order valence-corrected chi connectivity index (χ1v) is 9.47. The Morgan fingerprint density at radius 3 is 1.96 bits per heavy atom. The molecule has 0 radical (unpaired) electrons. The van der Waals surface area contributed by atoms with Crippen LogP contribution in [0.1, 0.15) is 68.4 Å². The number of hydrogen-bond acceptors (Lipinski definition) is 4. The second-order valence-electron chi connectivity index (χ2n) is 8.95. The Bertz CT molecular complexity index is 884. The van der Waals surface area contributed by atoms with Crippen molar-refractivity contribution in [2.45, 2.75) is 58.3 Å². The summed E-state index contributed by atoms with van der Waals surface area (Å²) in [5, 5.41) is 22.7. The third-order valence-corrected chi connectivity index (χ3v) is 6.06. The molecule has 2 aromatic rings. The van der Waals surface area contributed by atoms with Crippen molar-refractivity contribution in [3.05, 3.63) is 64.2 Å². The molecule has 3 rings (SSSR count). The standard InChI is InChI=1S/C22H29BN2O2/c1-14-12-18-19(22(4,5)11-10-21(18,2)3)13-17(14)20(25-24)15-6-8-16(9-7-15)23(26)27/h6-9,12-13,26-27H,10-11,24H2,1-5H3/b25-20+. The largest absolute Gasteiger partial charge is 0.488 e. The summed E-state index contributed by atoms with van der Waals surface area (Å²) in [6.45, 7) is 11.3. The predicted molar refractivity (Wildman–Crippen MR) is 113 cm³/mol. The van der Waals surface area contributed by atoms with Crippen molar-refractivity contribution in [1.82, 2.24) is 0 Å². The molecule has 0 amide bonds. The van der Waals surface area contributed by atoms with E-state index in [0.717, 1.165) is 23.1 Å². The molecule has 1 aliphatic carbocycles. The highest BCUT2D eigenvalue weighted by atomic mass is 16.4. The van der Waals surface area contributed by atoms with Gasteiger partial charge in [0.25, 0.3) is 0 Å². The quantitative estimate of drug-likeness (QED) is 0.339. The van der Waals surface area contributed by atoms with E-state index in [1.54, 1.807) is 12.1 Å².